The maximum atomic E-state index is 12.5. The van der Waals surface area contributed by atoms with E-state index in [-0.39, 0.29) is 13.2 Å². The number of hydrogen-bond donors (Lipinski definition) is 2. The fourth-order valence-corrected chi connectivity index (χ4v) is 1.39. The SMILES string of the molecule is CCCCCCOCC(O)CNCC(F)(F)C(F)F. The number of hydrogen-bond acceptors (Lipinski definition) is 3. The number of alkyl halides is 4. The summed E-state index contributed by atoms with van der Waals surface area (Å²) < 4.78 is 53.8. The van der Waals surface area contributed by atoms with Crippen LogP contribution in [0.25, 0.3) is 0 Å². The Bertz CT molecular complexity index is 218. The molecule has 0 heterocycles. The lowest BCUT2D eigenvalue weighted by atomic mass is 10.2. The van der Waals surface area contributed by atoms with Crippen molar-refractivity contribution in [1.82, 2.24) is 5.32 Å². The van der Waals surface area contributed by atoms with Gasteiger partial charge < -0.3 is 15.2 Å². The van der Waals surface area contributed by atoms with Crippen molar-refractivity contribution >= 4 is 0 Å². The molecule has 1 atom stereocenters. The number of halogens is 4. The molecule has 0 saturated heterocycles. The third-order valence-corrected chi connectivity index (χ3v) is 2.51. The molecule has 0 fully saturated rings. The van der Waals surface area contributed by atoms with Crippen LogP contribution in [0.4, 0.5) is 17.6 Å². The minimum Gasteiger partial charge on any atom is -0.389 e. The average Bonchev–Trinajstić information content (AvgIpc) is 2.33. The highest BCUT2D eigenvalue weighted by molar-refractivity contribution is 4.73. The van der Waals surface area contributed by atoms with Gasteiger partial charge >= 0.3 is 12.3 Å². The second-order valence-electron chi connectivity index (χ2n) is 4.48. The lowest BCUT2D eigenvalue weighted by Crippen LogP contribution is -2.42. The van der Waals surface area contributed by atoms with Gasteiger partial charge in [-0.1, -0.05) is 26.2 Å². The summed E-state index contributed by atoms with van der Waals surface area (Å²) in [5, 5.41) is 11.5. The topological polar surface area (TPSA) is 41.5 Å². The lowest BCUT2D eigenvalue weighted by molar-refractivity contribution is -0.126. The molecule has 19 heavy (non-hydrogen) atoms. The summed E-state index contributed by atoms with van der Waals surface area (Å²) in [5.41, 5.74) is 0. The van der Waals surface area contributed by atoms with Crippen molar-refractivity contribution in [1.29, 1.82) is 0 Å². The van der Waals surface area contributed by atoms with Crippen molar-refractivity contribution in [3.63, 3.8) is 0 Å². The van der Waals surface area contributed by atoms with E-state index in [1.807, 2.05) is 0 Å². The maximum absolute atomic E-state index is 12.5. The van der Waals surface area contributed by atoms with E-state index in [0.29, 0.717) is 6.61 Å². The number of rotatable bonds is 12. The molecule has 7 heteroatoms. The van der Waals surface area contributed by atoms with Gasteiger partial charge in [-0.15, -0.1) is 0 Å². The minimum atomic E-state index is -4.07. The van der Waals surface area contributed by atoms with Crippen LogP contribution < -0.4 is 5.32 Å². The fraction of sp³-hybridized carbons (Fsp3) is 1.00. The molecule has 0 bridgehead atoms. The normalized spacial score (nSPS) is 14.1. The molecule has 0 saturated carbocycles. The standard InChI is InChI=1S/C12H23F4NO2/c1-2-3-4-5-6-19-8-10(18)7-17-9-12(15,16)11(13)14/h10-11,17-18H,2-9H2,1H3. The molecule has 116 valence electrons. The van der Waals surface area contributed by atoms with Crippen LogP contribution in [0.1, 0.15) is 32.6 Å². The molecular weight excluding hydrogens is 266 g/mol. The van der Waals surface area contributed by atoms with E-state index in [9.17, 15) is 22.7 Å². The van der Waals surface area contributed by atoms with E-state index < -0.39 is 25.0 Å². The quantitative estimate of drug-likeness (QED) is 0.428. The van der Waals surface area contributed by atoms with Crippen LogP contribution in [-0.4, -0.2) is 49.9 Å². The molecule has 0 amide bonds. The summed E-state index contributed by atoms with van der Waals surface area (Å²) >= 11 is 0. The minimum absolute atomic E-state index is 0.0133. The lowest BCUT2D eigenvalue weighted by Gasteiger charge is -2.17. The molecule has 0 aliphatic carbocycles. The van der Waals surface area contributed by atoms with Gasteiger partial charge in [0.05, 0.1) is 19.3 Å². The summed E-state index contributed by atoms with van der Waals surface area (Å²) in [6.45, 7) is 1.25. The van der Waals surface area contributed by atoms with Crippen LogP contribution in [0, 0.1) is 0 Å². The van der Waals surface area contributed by atoms with Crippen LogP contribution in [0.2, 0.25) is 0 Å². The van der Waals surface area contributed by atoms with Crippen molar-refractivity contribution in [3.8, 4) is 0 Å². The molecule has 0 aromatic rings. The Morgan fingerprint density at radius 1 is 1.21 bits per heavy atom. The summed E-state index contributed by atoms with van der Waals surface area (Å²) in [7, 11) is 0. The summed E-state index contributed by atoms with van der Waals surface area (Å²) in [5.74, 6) is -4.07. The molecule has 0 radical (unpaired) electrons. The van der Waals surface area contributed by atoms with E-state index in [4.69, 9.17) is 4.74 Å². The first-order chi connectivity index (χ1) is 8.90. The van der Waals surface area contributed by atoms with Crippen molar-refractivity contribution in [2.45, 2.75) is 51.1 Å². The van der Waals surface area contributed by atoms with Crippen LogP contribution in [0.15, 0.2) is 0 Å². The summed E-state index contributed by atoms with van der Waals surface area (Å²) in [6, 6.07) is 0. The summed E-state index contributed by atoms with van der Waals surface area (Å²) in [4.78, 5) is 0. The van der Waals surface area contributed by atoms with Gasteiger partial charge in [-0.05, 0) is 6.42 Å². The van der Waals surface area contributed by atoms with E-state index in [0.717, 1.165) is 25.7 Å². The van der Waals surface area contributed by atoms with Gasteiger partial charge in [-0.2, -0.15) is 8.78 Å². The van der Waals surface area contributed by atoms with Gasteiger partial charge in [0, 0.05) is 13.2 Å². The number of nitrogens with one attached hydrogen (secondary N) is 1. The Hall–Kier alpha value is -0.400. The van der Waals surface area contributed by atoms with E-state index in [2.05, 4.69) is 12.2 Å². The molecule has 2 N–H and O–H groups in total. The van der Waals surface area contributed by atoms with Crippen molar-refractivity contribution < 1.29 is 27.4 Å². The first kappa shape index (κ1) is 18.6. The van der Waals surface area contributed by atoms with Gasteiger partial charge in [0.25, 0.3) is 0 Å². The Kier molecular flexibility index (Phi) is 10.2. The Labute approximate surface area is 111 Å². The van der Waals surface area contributed by atoms with Crippen LogP contribution in [0.5, 0.6) is 0 Å². The number of ether oxygens (including phenoxy) is 1. The van der Waals surface area contributed by atoms with Gasteiger partial charge in [0.15, 0.2) is 0 Å². The van der Waals surface area contributed by atoms with Gasteiger partial charge in [0.2, 0.25) is 0 Å². The predicted octanol–water partition coefficient (Wildman–Crippen LogP) is 2.43. The third kappa shape index (κ3) is 10.1. The zero-order valence-corrected chi connectivity index (χ0v) is 11.2. The number of unbranched alkanes of at least 4 members (excludes halogenated alkanes) is 3. The van der Waals surface area contributed by atoms with Crippen LogP contribution in [0.3, 0.4) is 0 Å². The molecule has 0 spiro atoms. The van der Waals surface area contributed by atoms with Crippen molar-refractivity contribution in [2.24, 2.45) is 0 Å². The first-order valence-electron chi connectivity index (χ1n) is 6.52. The average molecular weight is 289 g/mol. The Morgan fingerprint density at radius 3 is 2.47 bits per heavy atom. The fourth-order valence-electron chi connectivity index (χ4n) is 1.39. The number of aliphatic hydroxyl groups excluding tert-OH is 1. The summed E-state index contributed by atoms with van der Waals surface area (Å²) in [6.07, 6.45) is -0.504. The zero-order valence-electron chi connectivity index (χ0n) is 11.2. The highest BCUT2D eigenvalue weighted by atomic mass is 19.3. The van der Waals surface area contributed by atoms with E-state index in [1.165, 1.54) is 0 Å². The van der Waals surface area contributed by atoms with Crippen LogP contribution in [-0.2, 0) is 4.74 Å². The van der Waals surface area contributed by atoms with Gasteiger partial charge in [-0.25, -0.2) is 8.78 Å². The highest BCUT2D eigenvalue weighted by Gasteiger charge is 2.40. The van der Waals surface area contributed by atoms with E-state index >= 15 is 0 Å². The molecule has 0 rings (SSSR count). The molecule has 3 nitrogen and oxygen atoms in total. The van der Waals surface area contributed by atoms with Gasteiger partial charge in [-0.3, -0.25) is 0 Å². The van der Waals surface area contributed by atoms with Crippen molar-refractivity contribution in [2.75, 3.05) is 26.3 Å². The Balaban J connectivity index is 3.47. The largest absolute Gasteiger partial charge is 0.389 e. The van der Waals surface area contributed by atoms with Gasteiger partial charge in [0.1, 0.15) is 0 Å². The second-order valence-corrected chi connectivity index (χ2v) is 4.48. The molecular formula is C12H23F4NO2. The predicted molar refractivity (Wildman–Crippen MR) is 64.8 cm³/mol. The molecule has 0 aromatic carbocycles. The second kappa shape index (κ2) is 10.4. The van der Waals surface area contributed by atoms with E-state index in [1.54, 1.807) is 0 Å². The molecule has 0 aliphatic heterocycles. The maximum Gasteiger partial charge on any atom is 0.319 e. The molecule has 1 unspecified atom stereocenters. The highest BCUT2D eigenvalue weighted by Crippen LogP contribution is 2.21. The van der Waals surface area contributed by atoms with Crippen molar-refractivity contribution in [3.05, 3.63) is 0 Å². The third-order valence-electron chi connectivity index (χ3n) is 2.51. The number of aliphatic hydroxyl groups is 1. The molecule has 0 aliphatic rings. The first-order valence-corrected chi connectivity index (χ1v) is 6.52. The molecule has 0 aromatic heterocycles. The van der Waals surface area contributed by atoms with Crippen LogP contribution >= 0.6 is 0 Å². The smallest absolute Gasteiger partial charge is 0.319 e. The zero-order chi connectivity index (χ0) is 14.7. The Morgan fingerprint density at radius 2 is 1.89 bits per heavy atom. The monoisotopic (exact) mass is 289 g/mol.